The molecule has 7 aromatic rings. The molecule has 0 spiro atoms. The van der Waals surface area contributed by atoms with Crippen LogP contribution in [0.1, 0.15) is 138 Å². The number of hydrogen-bond donors (Lipinski definition) is 5. The van der Waals surface area contributed by atoms with Crippen LogP contribution >= 0.6 is 12.4 Å². The number of anilines is 4. The van der Waals surface area contributed by atoms with E-state index in [1.807, 2.05) is 150 Å². The molecule has 0 bridgehead atoms. The lowest BCUT2D eigenvalue weighted by Crippen LogP contribution is -2.61. The number of fused-ring (bicyclic) bond motifs is 1. The van der Waals surface area contributed by atoms with Gasteiger partial charge in [0.25, 0.3) is 0 Å². The zero-order valence-corrected chi connectivity index (χ0v) is 64.0. The molecule has 5 aliphatic heterocycles. The minimum atomic E-state index is -0.633. The number of carbonyl (C=O) groups excluding carboxylic acids is 7. The summed E-state index contributed by atoms with van der Waals surface area (Å²) in [4.78, 5) is 109. The molecule has 12 rings (SSSR count). The van der Waals surface area contributed by atoms with Gasteiger partial charge < -0.3 is 50.3 Å². The van der Waals surface area contributed by atoms with E-state index >= 15 is 0 Å². The average Bonchev–Trinajstić information content (AvgIpc) is 1.59. The summed E-state index contributed by atoms with van der Waals surface area (Å²) in [6.45, 7) is 32.8. The number of amides is 4. The average molecular weight is 1470 g/mol. The second-order valence-corrected chi connectivity index (χ2v) is 27.8. The molecule has 5 N–H and O–H groups in total. The number of carbonyl (C=O) groups is 7. The standard InChI is InChI=1S/2C17H22N4O2.C15H21N3O3.C13H17N3O3.C13H19N3O2.ClH/c1-17(2)16(22)21(11-9-18-17)15-8-10-20(19-15)12-13-4-6-14(23-3)7-5-13;1-17(2)16(22)20(11-10-18-17)15-8-9-19-21(15)12-13-4-6-14(23-3)7-5-13;1-5-21-13(19)11-7-6-10(2)12(17-11)18-9-8-16-15(3,4)14(18)20;1-13(2)12(18)16(7-6-15-13)10-5-4-9(8-14-10)11(17)19-3;1-4-18-11(17)7-10-14-8-9-5-6-15-13(2,3)12(9)16-10;/h4-8,10,18H,9,11-12H2,1-3H3;4-9,18H,10-12H2,1-3H3;6-7,16H,5,8-9H2,1-4H3;4-5,8,15H,6-7H2,1-3H3;8,15H,4-7H2,1-3H3;1H. The highest BCUT2D eigenvalue weighted by Gasteiger charge is 2.41. The lowest BCUT2D eigenvalue weighted by molar-refractivity contribution is -0.142. The number of halogens is 1. The SMILES string of the molecule is CCOC(=O)Cc1ncc2c(n1)C(C)(C)NCC2.CCOC(=O)c1ccc(C)c(N2CCNC(C)(C)C2=O)n1.COC(=O)c1ccc(N2CCNC(C)(C)C2=O)nc1.COc1ccc(Cn2ccc(N3CCNC(C)(C)C3=O)n2)cc1.COc1ccc(Cn2nccc2N2CCNC(C)(C)C2=O)cc1.Cl. The number of rotatable bonds is 16. The van der Waals surface area contributed by atoms with Crippen molar-refractivity contribution in [3.63, 3.8) is 0 Å². The van der Waals surface area contributed by atoms with Crippen molar-refractivity contribution in [1.29, 1.82) is 0 Å². The first-order chi connectivity index (χ1) is 49.3. The summed E-state index contributed by atoms with van der Waals surface area (Å²) < 4.78 is 28.5. The quantitative estimate of drug-likeness (QED) is 0.0505. The van der Waals surface area contributed by atoms with E-state index in [0.29, 0.717) is 94.4 Å². The zero-order valence-electron chi connectivity index (χ0n) is 63.2. The van der Waals surface area contributed by atoms with Crippen LogP contribution < -0.4 is 55.7 Å². The minimum absolute atomic E-state index is 0. The maximum atomic E-state index is 12.6. The van der Waals surface area contributed by atoms with Crippen molar-refractivity contribution in [2.24, 2.45) is 0 Å². The van der Waals surface area contributed by atoms with Crippen molar-refractivity contribution in [2.75, 3.05) is 113 Å². The third-order valence-electron chi connectivity index (χ3n) is 17.9. The Labute approximate surface area is 620 Å². The zero-order chi connectivity index (χ0) is 75.7. The van der Waals surface area contributed by atoms with Gasteiger partial charge in [-0.2, -0.15) is 10.2 Å². The van der Waals surface area contributed by atoms with Crippen LogP contribution in [0.5, 0.6) is 11.5 Å². The Kier molecular flexibility index (Phi) is 28.5. The van der Waals surface area contributed by atoms with Gasteiger partial charge in [-0.15, -0.1) is 12.4 Å². The van der Waals surface area contributed by atoms with Gasteiger partial charge in [0, 0.05) is 89.6 Å². The first-order valence-electron chi connectivity index (χ1n) is 34.9. The minimum Gasteiger partial charge on any atom is -0.497 e. The molecule has 5 aliphatic rings. The molecule has 29 nitrogen and oxygen atoms in total. The summed E-state index contributed by atoms with van der Waals surface area (Å²) in [5.74, 6) is 3.67. The molecular weight excluding hydrogens is 1370 g/mol. The molecule has 2 aromatic carbocycles. The van der Waals surface area contributed by atoms with Gasteiger partial charge in [0.15, 0.2) is 11.5 Å². The number of aromatic nitrogens is 8. The Hall–Kier alpha value is -9.78. The van der Waals surface area contributed by atoms with Crippen LogP contribution in [-0.4, -0.2) is 197 Å². The molecule has 566 valence electrons. The van der Waals surface area contributed by atoms with Crippen LogP contribution in [-0.2, 0) is 69.7 Å². The smallest absolute Gasteiger partial charge is 0.356 e. The fourth-order valence-electron chi connectivity index (χ4n) is 12.0. The normalized spacial score (nSPS) is 17.4. The first kappa shape index (κ1) is 82.5. The summed E-state index contributed by atoms with van der Waals surface area (Å²) in [7, 11) is 4.62. The van der Waals surface area contributed by atoms with E-state index in [0.717, 1.165) is 71.3 Å². The van der Waals surface area contributed by atoms with Crippen molar-refractivity contribution >= 4 is 77.2 Å². The highest BCUT2D eigenvalue weighted by atomic mass is 35.5. The molecule has 4 saturated heterocycles. The van der Waals surface area contributed by atoms with Crippen molar-refractivity contribution in [3.05, 3.63) is 155 Å². The van der Waals surface area contributed by atoms with Crippen molar-refractivity contribution < 1.29 is 57.2 Å². The van der Waals surface area contributed by atoms with Crippen LogP contribution in [0.3, 0.4) is 0 Å². The van der Waals surface area contributed by atoms with Crippen LogP contribution in [0.25, 0.3) is 0 Å². The second-order valence-electron chi connectivity index (χ2n) is 27.8. The fourth-order valence-corrected chi connectivity index (χ4v) is 12.0. The number of aryl methyl sites for hydroxylation is 1. The largest absolute Gasteiger partial charge is 0.497 e. The number of piperazine rings is 4. The lowest BCUT2D eigenvalue weighted by Gasteiger charge is -2.38. The summed E-state index contributed by atoms with van der Waals surface area (Å²) in [6, 6.07) is 26.2. The molecular formula is C75H102ClN17O12. The van der Waals surface area contributed by atoms with E-state index in [4.69, 9.17) is 18.9 Å². The van der Waals surface area contributed by atoms with Gasteiger partial charge in [0.05, 0.1) is 92.8 Å². The van der Waals surface area contributed by atoms with Crippen LogP contribution in [0.2, 0.25) is 0 Å². The fraction of sp³-hybridized carbons (Fsp3) is 0.480. The summed E-state index contributed by atoms with van der Waals surface area (Å²) in [5.41, 5.74) is 3.35. The van der Waals surface area contributed by atoms with Gasteiger partial charge in [0.1, 0.15) is 41.2 Å². The van der Waals surface area contributed by atoms with E-state index in [1.165, 1.54) is 13.3 Å². The van der Waals surface area contributed by atoms with E-state index in [1.54, 1.807) is 73.2 Å². The number of pyridine rings is 2. The molecule has 30 heteroatoms. The molecule has 0 saturated carbocycles. The Balaban J connectivity index is 0.000000184. The lowest BCUT2D eigenvalue weighted by atomic mass is 9.91. The summed E-state index contributed by atoms with van der Waals surface area (Å²) >= 11 is 0. The van der Waals surface area contributed by atoms with E-state index in [9.17, 15) is 33.6 Å². The number of nitrogens with zero attached hydrogens (tertiary/aromatic N) is 12. The summed E-state index contributed by atoms with van der Waals surface area (Å²) in [6.07, 6.45) is 7.96. The molecule has 4 fully saturated rings. The Morgan fingerprint density at radius 2 is 1.04 bits per heavy atom. The topological polar surface area (TPSA) is 326 Å². The highest BCUT2D eigenvalue weighted by Crippen LogP contribution is 2.29. The number of nitrogens with one attached hydrogen (secondary N) is 5. The number of methoxy groups -OCH3 is 3. The molecule has 4 amide bonds. The van der Waals surface area contributed by atoms with E-state index < -0.39 is 34.1 Å². The maximum Gasteiger partial charge on any atom is 0.356 e. The van der Waals surface area contributed by atoms with Gasteiger partial charge in [-0.3, -0.25) is 48.3 Å². The van der Waals surface area contributed by atoms with Crippen LogP contribution in [0.4, 0.5) is 23.3 Å². The third-order valence-corrected chi connectivity index (χ3v) is 17.9. The predicted molar refractivity (Wildman–Crippen MR) is 401 cm³/mol. The third kappa shape index (κ3) is 21.2. The predicted octanol–water partition coefficient (Wildman–Crippen LogP) is 6.56. The number of esters is 3. The van der Waals surface area contributed by atoms with Crippen molar-refractivity contribution in [2.45, 2.75) is 144 Å². The highest BCUT2D eigenvalue weighted by molar-refractivity contribution is 6.02. The van der Waals surface area contributed by atoms with Gasteiger partial charge >= 0.3 is 17.9 Å². The number of hydrogen-bond acceptors (Lipinski definition) is 23. The van der Waals surface area contributed by atoms with Gasteiger partial charge in [0.2, 0.25) is 23.6 Å². The van der Waals surface area contributed by atoms with Crippen LogP contribution in [0.15, 0.2) is 110 Å². The first-order valence-corrected chi connectivity index (χ1v) is 34.9. The Morgan fingerprint density at radius 3 is 1.57 bits per heavy atom. The molecule has 0 atom stereocenters. The Morgan fingerprint density at radius 1 is 0.524 bits per heavy atom. The monoisotopic (exact) mass is 1470 g/mol. The molecule has 0 unspecified atom stereocenters. The van der Waals surface area contributed by atoms with Gasteiger partial charge in [-0.25, -0.2) is 34.2 Å². The van der Waals surface area contributed by atoms with Crippen molar-refractivity contribution in [3.8, 4) is 11.5 Å². The van der Waals surface area contributed by atoms with Crippen molar-refractivity contribution in [1.82, 2.24) is 66.1 Å². The molecule has 0 radical (unpaired) electrons. The molecule has 5 aromatic heterocycles. The second kappa shape index (κ2) is 36.3. The molecule has 0 aliphatic carbocycles. The van der Waals surface area contributed by atoms with E-state index in [2.05, 4.69) is 75.3 Å². The molecule has 105 heavy (non-hydrogen) atoms. The number of benzene rings is 2. The van der Waals surface area contributed by atoms with E-state index in [-0.39, 0.29) is 59.7 Å². The van der Waals surface area contributed by atoms with Crippen LogP contribution in [0, 0.1) is 6.92 Å². The maximum absolute atomic E-state index is 12.6. The van der Waals surface area contributed by atoms with Gasteiger partial charge in [-0.1, -0.05) is 30.3 Å². The molecule has 10 heterocycles. The summed E-state index contributed by atoms with van der Waals surface area (Å²) in [5, 5.41) is 25.1. The van der Waals surface area contributed by atoms with Gasteiger partial charge in [-0.05, 0) is 161 Å². The Bertz CT molecular complexity index is 4120. The number of ether oxygens (including phenoxy) is 5.